The predicted octanol–water partition coefficient (Wildman–Crippen LogP) is 3.21. The number of nitrogens with one attached hydrogen (secondary N) is 1. The first kappa shape index (κ1) is 15.7. The summed E-state index contributed by atoms with van der Waals surface area (Å²) in [7, 11) is 0. The second-order valence-corrected chi connectivity index (χ2v) is 7.15. The van der Waals surface area contributed by atoms with Gasteiger partial charge in [-0.3, -0.25) is 9.69 Å². The van der Waals surface area contributed by atoms with E-state index in [1.165, 1.54) is 5.56 Å². The van der Waals surface area contributed by atoms with Gasteiger partial charge >= 0.3 is 0 Å². The average Bonchev–Trinajstić information content (AvgIpc) is 3.14. The van der Waals surface area contributed by atoms with Gasteiger partial charge < -0.3 is 9.84 Å². The molecule has 0 radical (unpaired) electrons. The third kappa shape index (κ3) is 3.62. The zero-order chi connectivity index (χ0) is 16.5. The Bertz CT molecular complexity index is 724. The molecule has 1 saturated carbocycles. The number of carbonyl (C=O) groups excluding carboxylic acids is 1. The van der Waals surface area contributed by atoms with Gasteiger partial charge in [-0.05, 0) is 37.0 Å². The zero-order valence-electron chi connectivity index (χ0n) is 13.4. The Morgan fingerprint density at radius 1 is 1.29 bits per heavy atom. The molecule has 0 bridgehead atoms. The normalized spacial score (nSPS) is 21.1. The summed E-state index contributed by atoms with van der Waals surface area (Å²) in [6, 6.07) is 9.85. The Morgan fingerprint density at radius 3 is 2.83 bits per heavy atom. The number of hydrogen-bond donors (Lipinski definition) is 1. The van der Waals surface area contributed by atoms with Crippen LogP contribution in [-0.2, 0) is 6.54 Å². The van der Waals surface area contributed by atoms with Crippen molar-refractivity contribution < 1.29 is 9.32 Å². The van der Waals surface area contributed by atoms with E-state index in [2.05, 4.69) is 15.4 Å². The summed E-state index contributed by atoms with van der Waals surface area (Å²) in [5.74, 6) is 1.18. The van der Waals surface area contributed by atoms with Gasteiger partial charge in [0.05, 0.1) is 0 Å². The van der Waals surface area contributed by atoms with E-state index in [0.717, 1.165) is 49.7 Å². The molecule has 0 spiro atoms. The van der Waals surface area contributed by atoms with Crippen LogP contribution in [0.2, 0.25) is 5.02 Å². The van der Waals surface area contributed by atoms with Crippen molar-refractivity contribution in [3.8, 4) is 0 Å². The van der Waals surface area contributed by atoms with E-state index >= 15 is 0 Å². The summed E-state index contributed by atoms with van der Waals surface area (Å²) >= 11 is 5.92. The summed E-state index contributed by atoms with van der Waals surface area (Å²) in [4.78, 5) is 14.6. The number of rotatable bonds is 5. The molecule has 1 unspecified atom stereocenters. The molecule has 2 heterocycles. The Balaban J connectivity index is 1.29. The highest BCUT2D eigenvalue weighted by molar-refractivity contribution is 6.30. The number of aromatic nitrogens is 1. The molecule has 1 saturated heterocycles. The van der Waals surface area contributed by atoms with Crippen LogP contribution in [0.5, 0.6) is 0 Å². The molecule has 4 rings (SSSR count). The van der Waals surface area contributed by atoms with Crippen LogP contribution in [0.25, 0.3) is 0 Å². The molecule has 6 heteroatoms. The van der Waals surface area contributed by atoms with Gasteiger partial charge in [-0.25, -0.2) is 0 Å². The quantitative estimate of drug-likeness (QED) is 0.904. The summed E-state index contributed by atoms with van der Waals surface area (Å²) in [6.07, 6.45) is 3.23. The van der Waals surface area contributed by atoms with Crippen molar-refractivity contribution in [2.45, 2.75) is 37.8 Å². The molecule has 2 fully saturated rings. The number of amides is 1. The summed E-state index contributed by atoms with van der Waals surface area (Å²) in [5.41, 5.74) is 1.63. The molecule has 1 aromatic heterocycles. The fourth-order valence-corrected chi connectivity index (χ4v) is 3.28. The number of carbonyl (C=O) groups is 1. The van der Waals surface area contributed by atoms with E-state index in [0.29, 0.717) is 11.6 Å². The van der Waals surface area contributed by atoms with Crippen LogP contribution in [0, 0.1) is 0 Å². The number of hydrogen-bond acceptors (Lipinski definition) is 4. The maximum Gasteiger partial charge on any atom is 0.273 e. The van der Waals surface area contributed by atoms with Gasteiger partial charge in [-0.2, -0.15) is 0 Å². The lowest BCUT2D eigenvalue weighted by Gasteiger charge is -2.16. The monoisotopic (exact) mass is 345 g/mol. The Labute approximate surface area is 146 Å². The van der Waals surface area contributed by atoms with Gasteiger partial charge in [0.15, 0.2) is 5.69 Å². The smallest absolute Gasteiger partial charge is 0.273 e. The lowest BCUT2D eigenvalue weighted by Crippen LogP contribution is -2.37. The first-order valence-electron chi connectivity index (χ1n) is 8.41. The highest BCUT2D eigenvalue weighted by Gasteiger charge is 2.30. The van der Waals surface area contributed by atoms with E-state index in [9.17, 15) is 4.79 Å². The zero-order valence-corrected chi connectivity index (χ0v) is 14.1. The van der Waals surface area contributed by atoms with Gasteiger partial charge in [-0.1, -0.05) is 28.9 Å². The molecule has 1 aliphatic heterocycles. The molecule has 126 valence electrons. The molecule has 24 heavy (non-hydrogen) atoms. The van der Waals surface area contributed by atoms with Crippen molar-refractivity contribution >= 4 is 17.5 Å². The van der Waals surface area contributed by atoms with Crippen molar-refractivity contribution in [1.82, 2.24) is 15.4 Å². The SMILES string of the molecule is O=C(NC1CCN(Cc2ccc(Cl)cc2)C1)c1cc(C2CC2)on1. The largest absolute Gasteiger partial charge is 0.360 e. The minimum absolute atomic E-state index is 0.135. The van der Waals surface area contributed by atoms with Gasteiger partial charge in [0.2, 0.25) is 0 Å². The summed E-state index contributed by atoms with van der Waals surface area (Å²) in [5, 5.41) is 7.72. The van der Waals surface area contributed by atoms with E-state index in [-0.39, 0.29) is 11.9 Å². The first-order chi connectivity index (χ1) is 11.7. The average molecular weight is 346 g/mol. The Kier molecular flexibility index (Phi) is 4.29. The van der Waals surface area contributed by atoms with E-state index in [4.69, 9.17) is 16.1 Å². The Morgan fingerprint density at radius 2 is 2.08 bits per heavy atom. The van der Waals surface area contributed by atoms with E-state index < -0.39 is 0 Å². The van der Waals surface area contributed by atoms with Gasteiger partial charge in [0.25, 0.3) is 5.91 Å². The maximum absolute atomic E-state index is 12.3. The number of likely N-dealkylation sites (tertiary alicyclic amines) is 1. The van der Waals surface area contributed by atoms with Crippen molar-refractivity contribution in [3.63, 3.8) is 0 Å². The first-order valence-corrected chi connectivity index (χ1v) is 8.79. The minimum atomic E-state index is -0.135. The molecule has 1 aliphatic carbocycles. The van der Waals surface area contributed by atoms with Crippen LogP contribution in [-0.4, -0.2) is 35.1 Å². The fourth-order valence-electron chi connectivity index (χ4n) is 3.16. The molecular weight excluding hydrogens is 326 g/mol. The standard InChI is InChI=1S/C18H20ClN3O2/c19-14-5-1-12(2-6-14)10-22-8-7-15(11-22)20-18(23)16-9-17(24-21-16)13-3-4-13/h1-2,5-6,9,13,15H,3-4,7-8,10-11H2,(H,20,23). The molecule has 1 N–H and O–H groups in total. The lowest BCUT2D eigenvalue weighted by molar-refractivity contribution is 0.0928. The highest BCUT2D eigenvalue weighted by atomic mass is 35.5. The molecule has 2 aromatic rings. The van der Waals surface area contributed by atoms with Crippen molar-refractivity contribution in [3.05, 3.63) is 52.4 Å². The van der Waals surface area contributed by atoms with Crippen LogP contribution < -0.4 is 5.32 Å². The fraction of sp³-hybridized carbons (Fsp3) is 0.444. The van der Waals surface area contributed by atoms with Crippen molar-refractivity contribution in [2.24, 2.45) is 0 Å². The highest BCUT2D eigenvalue weighted by Crippen LogP contribution is 2.40. The number of benzene rings is 1. The molecule has 2 aliphatic rings. The van der Waals surface area contributed by atoms with Crippen molar-refractivity contribution in [2.75, 3.05) is 13.1 Å². The predicted molar refractivity (Wildman–Crippen MR) is 91.1 cm³/mol. The third-order valence-electron chi connectivity index (χ3n) is 4.67. The molecule has 1 atom stereocenters. The topological polar surface area (TPSA) is 58.4 Å². The third-order valence-corrected chi connectivity index (χ3v) is 4.92. The van der Waals surface area contributed by atoms with E-state index in [1.807, 2.05) is 24.3 Å². The molecule has 1 aromatic carbocycles. The van der Waals surface area contributed by atoms with Crippen LogP contribution >= 0.6 is 11.6 Å². The van der Waals surface area contributed by atoms with Crippen LogP contribution in [0.15, 0.2) is 34.9 Å². The van der Waals surface area contributed by atoms with Crippen LogP contribution in [0.4, 0.5) is 0 Å². The van der Waals surface area contributed by atoms with E-state index in [1.54, 1.807) is 6.07 Å². The second-order valence-electron chi connectivity index (χ2n) is 6.71. The number of halogens is 1. The van der Waals surface area contributed by atoms with Crippen LogP contribution in [0.1, 0.15) is 47.0 Å². The molecular formula is C18H20ClN3O2. The van der Waals surface area contributed by atoms with Gasteiger partial charge in [0, 0.05) is 42.7 Å². The number of nitrogens with zero attached hydrogens (tertiary/aromatic N) is 2. The van der Waals surface area contributed by atoms with Crippen LogP contribution in [0.3, 0.4) is 0 Å². The molecule has 5 nitrogen and oxygen atoms in total. The lowest BCUT2D eigenvalue weighted by atomic mass is 10.2. The van der Waals surface area contributed by atoms with Gasteiger partial charge in [0.1, 0.15) is 5.76 Å². The van der Waals surface area contributed by atoms with Gasteiger partial charge in [-0.15, -0.1) is 0 Å². The summed E-state index contributed by atoms with van der Waals surface area (Å²) < 4.78 is 5.25. The summed E-state index contributed by atoms with van der Waals surface area (Å²) in [6.45, 7) is 2.70. The maximum atomic E-state index is 12.3. The Hall–Kier alpha value is -1.85. The van der Waals surface area contributed by atoms with Crippen molar-refractivity contribution in [1.29, 1.82) is 0 Å². The minimum Gasteiger partial charge on any atom is -0.360 e. The second kappa shape index (κ2) is 6.57. The molecule has 1 amide bonds.